The lowest BCUT2D eigenvalue weighted by atomic mass is 10.2. The van der Waals surface area contributed by atoms with Gasteiger partial charge in [-0.25, -0.2) is 0 Å². The minimum Gasteiger partial charge on any atom is -0.490 e. The lowest BCUT2D eigenvalue weighted by molar-refractivity contribution is -0.105. The number of carbonyl (C=O) groups excluding carboxylic acids is 1. The molecule has 3 rings (SSSR count). The molecule has 150 valence electrons. The second-order valence-corrected chi connectivity index (χ2v) is 6.19. The van der Waals surface area contributed by atoms with Crippen molar-refractivity contribution in [3.05, 3.63) is 59.7 Å². The van der Waals surface area contributed by atoms with E-state index < -0.39 is 0 Å². The van der Waals surface area contributed by atoms with Gasteiger partial charge in [-0.1, -0.05) is 0 Å². The van der Waals surface area contributed by atoms with Gasteiger partial charge in [-0.05, 0) is 42.8 Å². The molecule has 0 saturated carbocycles. The highest BCUT2D eigenvalue weighted by Gasteiger charge is 2.18. The van der Waals surface area contributed by atoms with Crippen molar-refractivity contribution in [2.24, 2.45) is 11.5 Å². The number of anilines is 2. The summed E-state index contributed by atoms with van der Waals surface area (Å²) in [5, 5.41) is 2.61. The maximum absolute atomic E-state index is 10.4. The molecule has 5 N–H and O–H groups in total. The largest absolute Gasteiger partial charge is 0.490 e. The molecule has 1 amide bonds. The maximum Gasteiger partial charge on any atom is 0.211 e. The van der Waals surface area contributed by atoms with Crippen LogP contribution >= 0.6 is 0 Å². The summed E-state index contributed by atoms with van der Waals surface area (Å²) in [7, 11) is 1.69. The van der Waals surface area contributed by atoms with Gasteiger partial charge in [0.1, 0.15) is 12.4 Å². The molecule has 1 aliphatic rings. The predicted octanol–water partition coefficient (Wildman–Crippen LogP) is 1.75. The second kappa shape index (κ2) is 10.8. The smallest absolute Gasteiger partial charge is 0.211 e. The van der Waals surface area contributed by atoms with Gasteiger partial charge in [0.15, 0.2) is 0 Å². The van der Waals surface area contributed by atoms with E-state index in [0.29, 0.717) is 31.9 Å². The number of nitrogens with two attached hydrogens (primary N) is 2. The third-order valence-electron chi connectivity index (χ3n) is 4.00. The van der Waals surface area contributed by atoms with E-state index in [-0.39, 0.29) is 0 Å². The van der Waals surface area contributed by atoms with Crippen LogP contribution in [0.5, 0.6) is 5.75 Å². The number of benzene rings is 1. The first kappa shape index (κ1) is 21.0. The van der Waals surface area contributed by atoms with Gasteiger partial charge in [0.25, 0.3) is 0 Å². The Morgan fingerprint density at radius 2 is 2.21 bits per heavy atom. The lowest BCUT2D eigenvalue weighted by Crippen LogP contribution is -2.35. The number of rotatable bonds is 6. The van der Waals surface area contributed by atoms with Gasteiger partial charge in [-0.3, -0.25) is 9.78 Å². The molecule has 0 atom stereocenters. The molecule has 0 aliphatic carbocycles. The fourth-order valence-corrected chi connectivity index (χ4v) is 2.73. The van der Waals surface area contributed by atoms with E-state index in [1.54, 1.807) is 19.4 Å². The molecule has 2 aromatic rings. The first-order valence-electron chi connectivity index (χ1n) is 8.86. The van der Waals surface area contributed by atoms with Crippen LogP contribution in [0.1, 0.15) is 11.3 Å². The van der Waals surface area contributed by atoms with E-state index in [9.17, 15) is 4.79 Å². The van der Waals surface area contributed by atoms with Crippen molar-refractivity contribution in [1.82, 2.24) is 4.98 Å². The molecule has 0 spiro atoms. The van der Waals surface area contributed by atoms with Gasteiger partial charge in [-0.2, -0.15) is 0 Å². The summed E-state index contributed by atoms with van der Waals surface area (Å²) >= 11 is 0. The Labute approximate surface area is 165 Å². The molecule has 0 saturated heterocycles. The molecule has 0 bridgehead atoms. The van der Waals surface area contributed by atoms with Gasteiger partial charge in [-0.15, -0.1) is 0 Å². The molecule has 1 aromatic carbocycles. The number of pyridine rings is 1. The average Bonchev–Trinajstić information content (AvgIpc) is 2.69. The highest BCUT2D eigenvalue weighted by molar-refractivity contribution is 5.76. The van der Waals surface area contributed by atoms with Crippen LogP contribution in [0, 0.1) is 6.92 Å². The Hall–Kier alpha value is -3.26. The van der Waals surface area contributed by atoms with Crippen molar-refractivity contribution in [3.8, 4) is 5.75 Å². The Balaban J connectivity index is 0.000000237. The van der Waals surface area contributed by atoms with Crippen LogP contribution in [0.25, 0.3) is 0 Å². The molecule has 0 radical (unpaired) electrons. The fourth-order valence-electron chi connectivity index (χ4n) is 2.73. The van der Waals surface area contributed by atoms with E-state index in [4.69, 9.17) is 20.9 Å². The van der Waals surface area contributed by atoms with E-state index in [1.807, 2.05) is 31.2 Å². The van der Waals surface area contributed by atoms with Crippen LogP contribution in [-0.4, -0.2) is 38.2 Å². The number of hydrogen-bond acceptors (Lipinski definition) is 7. The van der Waals surface area contributed by atoms with Crippen molar-refractivity contribution < 1.29 is 14.3 Å². The number of nitrogens with one attached hydrogen (secondary N) is 1. The van der Waals surface area contributed by atoms with Crippen molar-refractivity contribution >= 4 is 17.8 Å². The number of fused-ring (bicyclic) bond motifs is 1. The standard InChI is InChI=1S/C12H16N4O2.C8H11NO/c13-6-9(14)7-16-3-4-18-12-2-1-10(15-8-17)5-11(12)16;1-7-5-8(6-10-2)3-4-9-7/h1-2,5-6,8H,3-4,7,13-14H2,(H,15,17);3-5H,6H2,1-2H3/b9-6-;. The summed E-state index contributed by atoms with van der Waals surface area (Å²) in [5.74, 6) is 0.780. The van der Waals surface area contributed by atoms with Crippen LogP contribution in [0.3, 0.4) is 0 Å². The van der Waals surface area contributed by atoms with Crippen LogP contribution in [0.15, 0.2) is 48.4 Å². The van der Waals surface area contributed by atoms with Crippen molar-refractivity contribution in [3.63, 3.8) is 0 Å². The third kappa shape index (κ3) is 6.17. The third-order valence-corrected chi connectivity index (χ3v) is 4.00. The van der Waals surface area contributed by atoms with E-state index in [1.165, 1.54) is 11.8 Å². The molecule has 2 heterocycles. The zero-order valence-corrected chi connectivity index (χ0v) is 16.2. The quantitative estimate of drug-likeness (QED) is 0.649. The van der Waals surface area contributed by atoms with Crippen molar-refractivity contribution in [2.75, 3.05) is 37.0 Å². The fraction of sp³-hybridized carbons (Fsp3) is 0.300. The maximum atomic E-state index is 10.4. The number of aromatic nitrogens is 1. The van der Waals surface area contributed by atoms with Gasteiger partial charge in [0, 0.05) is 36.6 Å². The Morgan fingerprint density at radius 3 is 2.89 bits per heavy atom. The minimum absolute atomic E-state index is 0.539. The van der Waals surface area contributed by atoms with Crippen LogP contribution in [0.2, 0.25) is 0 Å². The number of aryl methyl sites for hydroxylation is 1. The highest BCUT2D eigenvalue weighted by Crippen LogP contribution is 2.34. The number of methoxy groups -OCH3 is 1. The molecule has 0 unspecified atom stereocenters. The van der Waals surface area contributed by atoms with Gasteiger partial charge in [0.05, 0.1) is 25.4 Å². The first-order valence-corrected chi connectivity index (χ1v) is 8.86. The Morgan fingerprint density at radius 1 is 1.39 bits per heavy atom. The molecule has 8 heteroatoms. The second-order valence-electron chi connectivity index (χ2n) is 6.19. The van der Waals surface area contributed by atoms with Crippen LogP contribution < -0.4 is 26.4 Å². The average molecular weight is 385 g/mol. The summed E-state index contributed by atoms with van der Waals surface area (Å²) < 4.78 is 10.5. The molecular formula is C20H27N5O3. The molecule has 28 heavy (non-hydrogen) atoms. The van der Waals surface area contributed by atoms with E-state index in [0.717, 1.165) is 29.4 Å². The summed E-state index contributed by atoms with van der Waals surface area (Å²) in [4.78, 5) is 16.6. The van der Waals surface area contributed by atoms with Crippen molar-refractivity contribution in [1.29, 1.82) is 0 Å². The van der Waals surface area contributed by atoms with Gasteiger partial charge in [0.2, 0.25) is 6.41 Å². The van der Waals surface area contributed by atoms with Crippen molar-refractivity contribution in [2.45, 2.75) is 13.5 Å². The topological polar surface area (TPSA) is 116 Å². The summed E-state index contributed by atoms with van der Waals surface area (Å²) in [6.07, 6.45) is 3.83. The first-order chi connectivity index (χ1) is 13.6. The normalized spacial score (nSPS) is 12.9. The molecular weight excluding hydrogens is 358 g/mol. The molecule has 8 nitrogen and oxygen atoms in total. The highest BCUT2D eigenvalue weighted by atomic mass is 16.5. The summed E-state index contributed by atoms with van der Waals surface area (Å²) in [6.45, 7) is 4.51. The molecule has 1 aliphatic heterocycles. The number of ether oxygens (including phenoxy) is 2. The summed E-state index contributed by atoms with van der Waals surface area (Å²) in [5.41, 5.74) is 15.5. The number of carbonyl (C=O) groups is 1. The number of nitrogens with zero attached hydrogens (tertiary/aromatic N) is 2. The van der Waals surface area contributed by atoms with Crippen LogP contribution in [0.4, 0.5) is 11.4 Å². The monoisotopic (exact) mass is 385 g/mol. The zero-order valence-electron chi connectivity index (χ0n) is 16.2. The van der Waals surface area contributed by atoms with Crippen LogP contribution in [-0.2, 0) is 16.1 Å². The SMILES string of the molecule is COCc1ccnc(C)c1.N/C=C(\N)CN1CCOc2ccc(NC=O)cc21. The molecule has 0 fully saturated rings. The molecule has 1 aromatic heterocycles. The summed E-state index contributed by atoms with van der Waals surface area (Å²) in [6, 6.07) is 9.45. The van der Waals surface area contributed by atoms with Gasteiger partial charge >= 0.3 is 0 Å². The lowest BCUT2D eigenvalue weighted by Gasteiger charge is -2.31. The van der Waals surface area contributed by atoms with E-state index >= 15 is 0 Å². The zero-order chi connectivity index (χ0) is 20.4. The van der Waals surface area contributed by atoms with E-state index in [2.05, 4.69) is 15.2 Å². The number of amides is 1. The Kier molecular flexibility index (Phi) is 8.11. The minimum atomic E-state index is 0.539. The van der Waals surface area contributed by atoms with Gasteiger partial charge < -0.3 is 31.2 Å². The Bertz CT molecular complexity index is 810. The number of hydrogen-bond donors (Lipinski definition) is 3. The predicted molar refractivity (Wildman–Crippen MR) is 110 cm³/mol.